The summed E-state index contributed by atoms with van der Waals surface area (Å²) < 4.78 is 13.0. The molecular weight excluding hydrogens is 249 g/mol. The van der Waals surface area contributed by atoms with Gasteiger partial charge in [-0.25, -0.2) is 4.39 Å². The van der Waals surface area contributed by atoms with Gasteiger partial charge >= 0.3 is 0 Å². The van der Waals surface area contributed by atoms with Crippen LogP contribution in [0.5, 0.6) is 0 Å². The Hall–Kier alpha value is -0.600. The maximum Gasteiger partial charge on any atom is 0.124 e. The van der Waals surface area contributed by atoms with Gasteiger partial charge in [-0.1, -0.05) is 57.2 Å². The van der Waals surface area contributed by atoms with E-state index >= 15 is 0 Å². The Balaban J connectivity index is 2.64. The Morgan fingerprint density at radius 1 is 1.22 bits per heavy atom. The molecule has 102 valence electrons. The monoisotopic (exact) mass is 271 g/mol. The fourth-order valence-corrected chi connectivity index (χ4v) is 2.47. The van der Waals surface area contributed by atoms with Gasteiger partial charge in [0.2, 0.25) is 0 Å². The van der Waals surface area contributed by atoms with Crippen molar-refractivity contribution in [2.24, 2.45) is 0 Å². The van der Waals surface area contributed by atoms with E-state index in [4.69, 9.17) is 11.6 Å². The molecule has 0 aromatic heterocycles. The van der Waals surface area contributed by atoms with Gasteiger partial charge in [-0.15, -0.1) is 0 Å². The second-order valence-electron chi connectivity index (χ2n) is 4.63. The van der Waals surface area contributed by atoms with Crippen LogP contribution in [0.15, 0.2) is 18.2 Å². The summed E-state index contributed by atoms with van der Waals surface area (Å²) in [6, 6.07) is 4.91. The molecular formula is C15H23ClFN. The average molecular weight is 272 g/mol. The van der Waals surface area contributed by atoms with Crippen LogP contribution in [0.4, 0.5) is 4.39 Å². The molecule has 0 aliphatic rings. The van der Waals surface area contributed by atoms with E-state index in [2.05, 4.69) is 19.2 Å². The zero-order valence-corrected chi connectivity index (χ0v) is 12.1. The van der Waals surface area contributed by atoms with Gasteiger partial charge in [0.15, 0.2) is 0 Å². The SMILES string of the molecule is CCCCCCC(NCC)c1ccc(F)cc1Cl. The van der Waals surface area contributed by atoms with E-state index in [9.17, 15) is 4.39 Å². The maximum absolute atomic E-state index is 13.0. The predicted octanol–water partition coefficient (Wildman–Crippen LogP) is 5.10. The quantitative estimate of drug-likeness (QED) is 0.649. The van der Waals surface area contributed by atoms with Crippen molar-refractivity contribution in [1.29, 1.82) is 0 Å². The summed E-state index contributed by atoms with van der Waals surface area (Å²) >= 11 is 6.12. The first-order chi connectivity index (χ1) is 8.69. The first-order valence-corrected chi connectivity index (χ1v) is 7.25. The molecule has 3 heteroatoms. The number of rotatable bonds is 8. The summed E-state index contributed by atoms with van der Waals surface area (Å²) in [5.41, 5.74) is 1.01. The van der Waals surface area contributed by atoms with Crippen LogP contribution >= 0.6 is 11.6 Å². The fourth-order valence-electron chi connectivity index (χ4n) is 2.17. The standard InChI is InChI=1S/C15H23ClFN/c1-3-5-6-7-8-15(18-4-2)13-10-9-12(17)11-14(13)16/h9-11,15,18H,3-8H2,1-2H3. The van der Waals surface area contributed by atoms with Gasteiger partial charge in [-0.2, -0.15) is 0 Å². The van der Waals surface area contributed by atoms with Crippen molar-refractivity contribution >= 4 is 11.6 Å². The van der Waals surface area contributed by atoms with Crippen LogP contribution < -0.4 is 5.32 Å². The predicted molar refractivity (Wildman–Crippen MR) is 76.6 cm³/mol. The van der Waals surface area contributed by atoms with Crippen molar-refractivity contribution in [2.75, 3.05) is 6.54 Å². The van der Waals surface area contributed by atoms with Crippen LogP contribution in [-0.4, -0.2) is 6.54 Å². The van der Waals surface area contributed by atoms with Gasteiger partial charge in [-0.3, -0.25) is 0 Å². The first kappa shape index (κ1) is 15.5. The second-order valence-corrected chi connectivity index (χ2v) is 5.03. The van der Waals surface area contributed by atoms with Crippen molar-refractivity contribution in [2.45, 2.75) is 52.0 Å². The van der Waals surface area contributed by atoms with Crippen molar-refractivity contribution in [3.05, 3.63) is 34.6 Å². The van der Waals surface area contributed by atoms with E-state index in [1.807, 2.05) is 0 Å². The fraction of sp³-hybridized carbons (Fsp3) is 0.600. The number of unbranched alkanes of at least 4 members (excludes halogenated alkanes) is 3. The van der Waals surface area contributed by atoms with Gasteiger partial charge in [0.1, 0.15) is 5.82 Å². The summed E-state index contributed by atoms with van der Waals surface area (Å²) in [4.78, 5) is 0. The number of benzene rings is 1. The van der Waals surface area contributed by atoms with Crippen LogP contribution in [0.1, 0.15) is 57.6 Å². The zero-order valence-electron chi connectivity index (χ0n) is 11.3. The highest BCUT2D eigenvalue weighted by Gasteiger charge is 2.13. The minimum atomic E-state index is -0.273. The van der Waals surface area contributed by atoms with Gasteiger partial charge in [0.25, 0.3) is 0 Å². The van der Waals surface area contributed by atoms with Crippen molar-refractivity contribution in [3.8, 4) is 0 Å². The minimum absolute atomic E-state index is 0.236. The maximum atomic E-state index is 13.0. The Bertz CT molecular complexity index is 354. The van der Waals surface area contributed by atoms with Crippen molar-refractivity contribution in [3.63, 3.8) is 0 Å². The Kier molecular flexibility index (Phi) is 7.29. The average Bonchev–Trinajstić information content (AvgIpc) is 2.34. The Labute approximate surface area is 115 Å². The van der Waals surface area contributed by atoms with Crippen LogP contribution in [0.3, 0.4) is 0 Å². The van der Waals surface area contributed by atoms with E-state index in [-0.39, 0.29) is 11.9 Å². The van der Waals surface area contributed by atoms with Crippen LogP contribution in [0.2, 0.25) is 5.02 Å². The largest absolute Gasteiger partial charge is 0.310 e. The van der Waals surface area contributed by atoms with E-state index in [1.165, 1.54) is 37.8 Å². The molecule has 0 aliphatic carbocycles. The second kappa shape index (κ2) is 8.49. The molecule has 0 spiro atoms. The molecule has 0 radical (unpaired) electrons. The lowest BCUT2D eigenvalue weighted by Crippen LogP contribution is -2.21. The summed E-state index contributed by atoms with van der Waals surface area (Å²) in [7, 11) is 0. The van der Waals surface area contributed by atoms with Crippen LogP contribution in [-0.2, 0) is 0 Å². The Morgan fingerprint density at radius 3 is 2.61 bits per heavy atom. The molecule has 1 rings (SSSR count). The van der Waals surface area contributed by atoms with E-state index in [1.54, 1.807) is 6.07 Å². The van der Waals surface area contributed by atoms with Gasteiger partial charge in [0.05, 0.1) is 0 Å². The topological polar surface area (TPSA) is 12.0 Å². The third kappa shape index (κ3) is 4.95. The number of nitrogens with one attached hydrogen (secondary N) is 1. The summed E-state index contributed by atoms with van der Waals surface area (Å²) in [6.07, 6.45) is 5.99. The lowest BCUT2D eigenvalue weighted by Gasteiger charge is -2.19. The summed E-state index contributed by atoms with van der Waals surface area (Å²) in [5, 5.41) is 3.95. The highest BCUT2D eigenvalue weighted by molar-refractivity contribution is 6.31. The summed E-state index contributed by atoms with van der Waals surface area (Å²) in [6.45, 7) is 5.18. The lowest BCUT2D eigenvalue weighted by atomic mass is 10.00. The van der Waals surface area contributed by atoms with E-state index in [0.717, 1.165) is 18.5 Å². The van der Waals surface area contributed by atoms with Crippen molar-refractivity contribution in [1.82, 2.24) is 5.32 Å². The molecule has 1 unspecified atom stereocenters. The number of hydrogen-bond acceptors (Lipinski definition) is 1. The van der Waals surface area contributed by atoms with Crippen LogP contribution in [0, 0.1) is 5.82 Å². The van der Waals surface area contributed by atoms with Gasteiger partial charge < -0.3 is 5.32 Å². The molecule has 0 aliphatic heterocycles. The third-order valence-corrected chi connectivity index (χ3v) is 3.46. The number of halogens is 2. The van der Waals surface area contributed by atoms with E-state index < -0.39 is 0 Å². The van der Waals surface area contributed by atoms with Gasteiger partial charge in [0, 0.05) is 11.1 Å². The van der Waals surface area contributed by atoms with E-state index in [0.29, 0.717) is 5.02 Å². The molecule has 1 aromatic carbocycles. The molecule has 0 saturated carbocycles. The van der Waals surface area contributed by atoms with Crippen molar-refractivity contribution < 1.29 is 4.39 Å². The number of hydrogen-bond donors (Lipinski definition) is 1. The molecule has 1 N–H and O–H groups in total. The zero-order chi connectivity index (χ0) is 13.4. The molecule has 18 heavy (non-hydrogen) atoms. The molecule has 0 bridgehead atoms. The van der Waals surface area contributed by atoms with Gasteiger partial charge in [-0.05, 0) is 30.7 Å². The molecule has 1 nitrogen and oxygen atoms in total. The molecule has 0 heterocycles. The summed E-state index contributed by atoms with van der Waals surface area (Å²) in [5.74, 6) is -0.273. The molecule has 0 fully saturated rings. The molecule has 0 saturated heterocycles. The molecule has 1 aromatic rings. The lowest BCUT2D eigenvalue weighted by molar-refractivity contribution is 0.481. The molecule has 0 amide bonds. The first-order valence-electron chi connectivity index (χ1n) is 6.87. The minimum Gasteiger partial charge on any atom is -0.310 e. The Morgan fingerprint density at radius 2 is 2.00 bits per heavy atom. The molecule has 1 atom stereocenters. The van der Waals surface area contributed by atoms with Crippen LogP contribution in [0.25, 0.3) is 0 Å². The highest BCUT2D eigenvalue weighted by atomic mass is 35.5. The third-order valence-electron chi connectivity index (χ3n) is 3.13. The smallest absolute Gasteiger partial charge is 0.124 e. The normalized spacial score (nSPS) is 12.7. The highest BCUT2D eigenvalue weighted by Crippen LogP contribution is 2.27.